The molecule has 2 heterocycles. The maximum Gasteiger partial charge on any atom is 0.228 e. The van der Waals surface area contributed by atoms with Gasteiger partial charge in [-0.15, -0.1) is 11.6 Å². The first-order chi connectivity index (χ1) is 8.24. The van der Waals surface area contributed by atoms with Gasteiger partial charge in [-0.25, -0.2) is 0 Å². The van der Waals surface area contributed by atoms with Crippen molar-refractivity contribution in [2.75, 3.05) is 11.9 Å². The molecular weight excluding hydrogens is 238 g/mol. The van der Waals surface area contributed by atoms with Crippen molar-refractivity contribution in [3.05, 3.63) is 29.3 Å². The zero-order valence-corrected chi connectivity index (χ0v) is 10.2. The van der Waals surface area contributed by atoms with Gasteiger partial charge in [-0.1, -0.05) is 12.1 Å². The second-order valence-electron chi connectivity index (χ2n) is 4.59. The minimum Gasteiger partial charge on any atom is -0.376 e. The Morgan fingerprint density at radius 2 is 2.35 bits per heavy atom. The van der Waals surface area contributed by atoms with Crippen LogP contribution in [0.2, 0.25) is 0 Å². The van der Waals surface area contributed by atoms with Crippen LogP contribution in [0.25, 0.3) is 0 Å². The molecule has 3 rings (SSSR count). The predicted molar refractivity (Wildman–Crippen MR) is 66.3 cm³/mol. The highest BCUT2D eigenvalue weighted by Crippen LogP contribution is 2.35. The summed E-state index contributed by atoms with van der Waals surface area (Å²) in [4.78, 5) is 11.3. The number of carbonyl (C=O) groups is 1. The molecule has 0 bridgehead atoms. The molecular formula is C13H14ClNO2. The number of hydrogen-bond acceptors (Lipinski definition) is 2. The average molecular weight is 252 g/mol. The van der Waals surface area contributed by atoms with E-state index in [0.29, 0.717) is 6.42 Å². The first-order valence-electron chi connectivity index (χ1n) is 5.92. The Labute approximate surface area is 105 Å². The van der Waals surface area contributed by atoms with Crippen molar-refractivity contribution in [2.24, 2.45) is 0 Å². The minimum absolute atomic E-state index is 0.0559. The molecule has 2 unspecified atom stereocenters. The number of rotatable bonds is 2. The van der Waals surface area contributed by atoms with E-state index in [0.717, 1.165) is 36.3 Å². The number of hydrogen-bond donors (Lipinski definition) is 1. The van der Waals surface area contributed by atoms with Crippen molar-refractivity contribution in [1.29, 1.82) is 0 Å². The van der Waals surface area contributed by atoms with E-state index in [4.69, 9.17) is 16.3 Å². The van der Waals surface area contributed by atoms with Gasteiger partial charge in [0.25, 0.3) is 0 Å². The molecule has 1 aromatic carbocycles. The molecule has 1 fully saturated rings. The molecule has 0 saturated carbocycles. The fourth-order valence-electron chi connectivity index (χ4n) is 2.47. The minimum atomic E-state index is -0.112. The summed E-state index contributed by atoms with van der Waals surface area (Å²) in [5.74, 6) is 0.0559. The van der Waals surface area contributed by atoms with Crippen molar-refractivity contribution >= 4 is 23.2 Å². The van der Waals surface area contributed by atoms with E-state index in [2.05, 4.69) is 5.32 Å². The van der Waals surface area contributed by atoms with E-state index < -0.39 is 0 Å². The molecule has 2 aliphatic rings. The third-order valence-electron chi connectivity index (χ3n) is 3.36. The zero-order chi connectivity index (χ0) is 11.8. The van der Waals surface area contributed by atoms with Crippen LogP contribution in [0, 0.1) is 0 Å². The standard InChI is InChI=1S/C13H14ClNO2/c14-13(11-2-1-5-17-11)8-3-4-10-9(6-8)7-12(16)15-10/h3-4,6,11,13H,1-2,5,7H2,(H,15,16). The lowest BCUT2D eigenvalue weighted by atomic mass is 10.0. The van der Waals surface area contributed by atoms with Crippen molar-refractivity contribution in [3.63, 3.8) is 0 Å². The number of amides is 1. The van der Waals surface area contributed by atoms with E-state index in [1.165, 1.54) is 0 Å². The molecule has 0 aliphatic carbocycles. The first-order valence-corrected chi connectivity index (χ1v) is 6.36. The molecule has 1 aromatic rings. The van der Waals surface area contributed by atoms with Gasteiger partial charge in [0.1, 0.15) is 0 Å². The van der Waals surface area contributed by atoms with Gasteiger partial charge in [0, 0.05) is 12.3 Å². The Balaban J connectivity index is 1.84. The molecule has 2 atom stereocenters. The number of anilines is 1. The highest BCUT2D eigenvalue weighted by Gasteiger charge is 2.27. The van der Waals surface area contributed by atoms with Crippen LogP contribution >= 0.6 is 11.6 Å². The van der Waals surface area contributed by atoms with Crippen LogP contribution in [0.5, 0.6) is 0 Å². The summed E-state index contributed by atoms with van der Waals surface area (Å²) in [5, 5.41) is 2.71. The van der Waals surface area contributed by atoms with E-state index in [1.54, 1.807) is 0 Å². The predicted octanol–water partition coefficient (Wildman–Crippen LogP) is 2.64. The normalized spacial score (nSPS) is 24.5. The summed E-state index contributed by atoms with van der Waals surface area (Å²) in [5.41, 5.74) is 3.00. The summed E-state index contributed by atoms with van der Waals surface area (Å²) < 4.78 is 5.60. The fourth-order valence-corrected chi connectivity index (χ4v) is 2.80. The van der Waals surface area contributed by atoms with E-state index in [-0.39, 0.29) is 17.4 Å². The highest BCUT2D eigenvalue weighted by atomic mass is 35.5. The van der Waals surface area contributed by atoms with Crippen molar-refractivity contribution in [1.82, 2.24) is 0 Å². The first kappa shape index (κ1) is 11.1. The van der Waals surface area contributed by atoms with Gasteiger partial charge in [-0.05, 0) is 30.0 Å². The quantitative estimate of drug-likeness (QED) is 0.821. The molecule has 90 valence electrons. The molecule has 1 saturated heterocycles. The Bertz CT molecular complexity index is 455. The number of alkyl halides is 1. The molecule has 3 nitrogen and oxygen atoms in total. The van der Waals surface area contributed by atoms with Gasteiger partial charge in [0.15, 0.2) is 0 Å². The summed E-state index contributed by atoms with van der Waals surface area (Å²) in [6, 6.07) is 5.93. The number of halogens is 1. The van der Waals surface area contributed by atoms with Crippen molar-refractivity contribution in [2.45, 2.75) is 30.7 Å². The maximum atomic E-state index is 11.3. The lowest BCUT2D eigenvalue weighted by Crippen LogP contribution is -2.12. The van der Waals surface area contributed by atoms with E-state index in [1.807, 2.05) is 18.2 Å². The van der Waals surface area contributed by atoms with Gasteiger partial charge in [-0.2, -0.15) is 0 Å². The highest BCUT2D eigenvalue weighted by molar-refractivity contribution is 6.21. The molecule has 0 spiro atoms. The van der Waals surface area contributed by atoms with Crippen LogP contribution < -0.4 is 5.32 Å². The van der Waals surface area contributed by atoms with Crippen LogP contribution in [0.3, 0.4) is 0 Å². The molecule has 4 heteroatoms. The third kappa shape index (κ3) is 2.05. The van der Waals surface area contributed by atoms with Gasteiger partial charge in [0.2, 0.25) is 5.91 Å². The Morgan fingerprint density at radius 3 is 3.12 bits per heavy atom. The summed E-state index contributed by atoms with van der Waals surface area (Å²) in [6.45, 7) is 0.804. The second-order valence-corrected chi connectivity index (χ2v) is 5.06. The van der Waals surface area contributed by atoms with Crippen LogP contribution in [0.1, 0.15) is 29.3 Å². The smallest absolute Gasteiger partial charge is 0.228 e. The lowest BCUT2D eigenvalue weighted by molar-refractivity contribution is -0.115. The SMILES string of the molecule is O=C1Cc2cc(C(Cl)C3CCCO3)ccc2N1. The monoisotopic (exact) mass is 251 g/mol. The topological polar surface area (TPSA) is 38.3 Å². The van der Waals surface area contributed by atoms with E-state index >= 15 is 0 Å². The number of nitrogens with one attached hydrogen (secondary N) is 1. The molecule has 17 heavy (non-hydrogen) atoms. The number of benzene rings is 1. The maximum absolute atomic E-state index is 11.3. The van der Waals surface area contributed by atoms with Gasteiger partial charge >= 0.3 is 0 Å². The lowest BCUT2D eigenvalue weighted by Gasteiger charge is -2.17. The van der Waals surface area contributed by atoms with Crippen molar-refractivity contribution < 1.29 is 9.53 Å². The van der Waals surface area contributed by atoms with Gasteiger partial charge in [0.05, 0.1) is 17.9 Å². The molecule has 1 amide bonds. The molecule has 2 aliphatic heterocycles. The van der Waals surface area contributed by atoms with Gasteiger partial charge in [-0.3, -0.25) is 4.79 Å². The summed E-state index contributed by atoms with van der Waals surface area (Å²) in [7, 11) is 0. The molecule has 0 aromatic heterocycles. The third-order valence-corrected chi connectivity index (χ3v) is 3.90. The summed E-state index contributed by atoms with van der Waals surface area (Å²) >= 11 is 6.42. The number of carbonyl (C=O) groups excluding carboxylic acids is 1. The van der Waals surface area contributed by atoms with Crippen LogP contribution in [0.4, 0.5) is 5.69 Å². The Morgan fingerprint density at radius 1 is 1.47 bits per heavy atom. The molecule has 1 N–H and O–H groups in total. The summed E-state index contributed by atoms with van der Waals surface area (Å²) in [6.07, 6.45) is 2.67. The Hall–Kier alpha value is -1.06. The van der Waals surface area contributed by atoms with E-state index in [9.17, 15) is 4.79 Å². The van der Waals surface area contributed by atoms with Crippen LogP contribution in [-0.4, -0.2) is 18.6 Å². The zero-order valence-electron chi connectivity index (χ0n) is 9.41. The largest absolute Gasteiger partial charge is 0.376 e. The van der Waals surface area contributed by atoms with Crippen LogP contribution in [-0.2, 0) is 16.0 Å². The fraction of sp³-hybridized carbons (Fsp3) is 0.462. The van der Waals surface area contributed by atoms with Crippen LogP contribution in [0.15, 0.2) is 18.2 Å². The number of ether oxygens (including phenoxy) is 1. The average Bonchev–Trinajstić information content (AvgIpc) is 2.94. The Kier molecular flexibility index (Phi) is 2.81. The van der Waals surface area contributed by atoms with Crippen molar-refractivity contribution in [3.8, 4) is 0 Å². The second kappa shape index (κ2) is 4.31. The number of fused-ring (bicyclic) bond motifs is 1. The van der Waals surface area contributed by atoms with Gasteiger partial charge < -0.3 is 10.1 Å². The molecule has 0 radical (unpaired) electrons.